The second kappa shape index (κ2) is 7.24. The summed E-state index contributed by atoms with van der Waals surface area (Å²) in [5, 5.41) is 12.0. The van der Waals surface area contributed by atoms with Crippen molar-refractivity contribution in [3.05, 3.63) is 59.7 Å². The van der Waals surface area contributed by atoms with E-state index in [2.05, 4.69) is 15.5 Å². The molecule has 0 spiro atoms. The minimum atomic E-state index is -0.183. The summed E-state index contributed by atoms with van der Waals surface area (Å²) >= 11 is 0. The largest absolute Gasteiger partial charge is 0.357 e. The summed E-state index contributed by atoms with van der Waals surface area (Å²) in [5.74, 6) is -0.183. The SMILES string of the molecule is O=C(Nc1cnn(C2CCCCO2)c1)c1nn(-c2ccccc2)c2c1CCC2. The number of nitrogens with zero attached hydrogens (tertiary/aromatic N) is 4. The molecule has 0 bridgehead atoms. The minimum absolute atomic E-state index is 0.0408. The number of para-hydroxylation sites is 1. The van der Waals surface area contributed by atoms with Gasteiger partial charge in [0.2, 0.25) is 0 Å². The van der Waals surface area contributed by atoms with E-state index in [9.17, 15) is 4.79 Å². The molecular formula is C21H23N5O2. The summed E-state index contributed by atoms with van der Waals surface area (Å²) in [6, 6.07) is 9.98. The highest BCUT2D eigenvalue weighted by Gasteiger charge is 2.27. The lowest BCUT2D eigenvalue weighted by molar-refractivity contribution is -0.0394. The summed E-state index contributed by atoms with van der Waals surface area (Å²) in [7, 11) is 0. The van der Waals surface area contributed by atoms with Crippen LogP contribution in [0.15, 0.2) is 42.7 Å². The standard InChI is InChI=1S/C21H23N5O2/c27-21(23-15-13-22-25(14-15)19-11-4-5-12-28-19)20-17-9-6-10-18(17)26(24-20)16-7-2-1-3-8-16/h1-3,7-8,13-14,19H,4-6,9-12H2,(H,23,27). The molecule has 28 heavy (non-hydrogen) atoms. The Balaban J connectivity index is 1.38. The molecule has 0 radical (unpaired) electrons. The van der Waals surface area contributed by atoms with Gasteiger partial charge in [0.25, 0.3) is 5.91 Å². The van der Waals surface area contributed by atoms with Crippen LogP contribution in [-0.4, -0.2) is 32.1 Å². The van der Waals surface area contributed by atoms with Crippen molar-refractivity contribution in [2.75, 3.05) is 11.9 Å². The van der Waals surface area contributed by atoms with Gasteiger partial charge in [0, 0.05) is 17.9 Å². The van der Waals surface area contributed by atoms with E-state index in [0.29, 0.717) is 11.4 Å². The van der Waals surface area contributed by atoms with Crippen LogP contribution in [0.1, 0.15) is 53.7 Å². The third kappa shape index (κ3) is 3.11. The Morgan fingerprint density at radius 3 is 2.86 bits per heavy atom. The molecule has 1 N–H and O–H groups in total. The monoisotopic (exact) mass is 377 g/mol. The molecule has 1 unspecified atom stereocenters. The van der Waals surface area contributed by atoms with E-state index in [1.807, 2.05) is 41.2 Å². The van der Waals surface area contributed by atoms with Crippen LogP contribution in [0.25, 0.3) is 5.69 Å². The molecule has 1 saturated heterocycles. The van der Waals surface area contributed by atoms with Crippen LogP contribution in [0.2, 0.25) is 0 Å². The molecule has 7 nitrogen and oxygen atoms in total. The van der Waals surface area contributed by atoms with E-state index >= 15 is 0 Å². The lowest BCUT2D eigenvalue weighted by Gasteiger charge is -2.22. The quantitative estimate of drug-likeness (QED) is 0.755. The predicted octanol–water partition coefficient (Wildman–Crippen LogP) is 3.51. The molecular weight excluding hydrogens is 354 g/mol. The van der Waals surface area contributed by atoms with Gasteiger partial charge in [-0.05, 0) is 50.7 Å². The molecule has 2 aliphatic rings. The zero-order chi connectivity index (χ0) is 18.9. The number of benzene rings is 1. The molecule has 1 fully saturated rings. The second-order valence-corrected chi connectivity index (χ2v) is 7.36. The van der Waals surface area contributed by atoms with Crippen LogP contribution in [-0.2, 0) is 17.6 Å². The van der Waals surface area contributed by atoms with Crippen LogP contribution in [0.3, 0.4) is 0 Å². The number of carbonyl (C=O) groups is 1. The normalized spacial score (nSPS) is 18.8. The van der Waals surface area contributed by atoms with Crippen molar-refractivity contribution >= 4 is 11.6 Å². The number of aromatic nitrogens is 4. The van der Waals surface area contributed by atoms with Crippen LogP contribution in [0.4, 0.5) is 5.69 Å². The first-order valence-corrected chi connectivity index (χ1v) is 9.93. The second-order valence-electron chi connectivity index (χ2n) is 7.36. The third-order valence-corrected chi connectivity index (χ3v) is 5.46. The number of anilines is 1. The summed E-state index contributed by atoms with van der Waals surface area (Å²) in [6.07, 6.45) is 9.53. The number of fused-ring (bicyclic) bond motifs is 1. The Bertz CT molecular complexity index is 986. The number of hydrogen-bond acceptors (Lipinski definition) is 4. The average molecular weight is 377 g/mol. The molecule has 1 aliphatic carbocycles. The van der Waals surface area contributed by atoms with Crippen molar-refractivity contribution in [1.29, 1.82) is 0 Å². The fraction of sp³-hybridized carbons (Fsp3) is 0.381. The van der Waals surface area contributed by atoms with Gasteiger partial charge in [-0.25, -0.2) is 9.36 Å². The van der Waals surface area contributed by atoms with Gasteiger partial charge in [0.15, 0.2) is 5.69 Å². The zero-order valence-electron chi connectivity index (χ0n) is 15.7. The first-order chi connectivity index (χ1) is 13.8. The van der Waals surface area contributed by atoms with Crippen LogP contribution in [0, 0.1) is 0 Å². The van der Waals surface area contributed by atoms with Gasteiger partial charge in [-0.1, -0.05) is 18.2 Å². The lowest BCUT2D eigenvalue weighted by atomic mass is 10.2. The molecule has 1 amide bonds. The van der Waals surface area contributed by atoms with Gasteiger partial charge < -0.3 is 10.1 Å². The van der Waals surface area contributed by atoms with Gasteiger partial charge in [-0.15, -0.1) is 0 Å². The number of nitrogens with one attached hydrogen (secondary N) is 1. The summed E-state index contributed by atoms with van der Waals surface area (Å²) < 4.78 is 9.46. The van der Waals surface area contributed by atoms with E-state index in [1.54, 1.807) is 10.9 Å². The van der Waals surface area contributed by atoms with E-state index < -0.39 is 0 Å². The highest BCUT2D eigenvalue weighted by molar-refractivity contribution is 6.04. The number of hydrogen-bond donors (Lipinski definition) is 1. The van der Waals surface area contributed by atoms with E-state index in [1.165, 1.54) is 0 Å². The number of rotatable bonds is 4. The molecule has 0 saturated carbocycles. The number of carbonyl (C=O) groups excluding carboxylic acids is 1. The predicted molar refractivity (Wildman–Crippen MR) is 105 cm³/mol. The van der Waals surface area contributed by atoms with Crippen LogP contribution < -0.4 is 5.32 Å². The average Bonchev–Trinajstić information content (AvgIpc) is 3.46. The Kier molecular flexibility index (Phi) is 4.44. The highest BCUT2D eigenvalue weighted by Crippen LogP contribution is 2.28. The fourth-order valence-electron chi connectivity index (χ4n) is 4.09. The molecule has 1 aromatic carbocycles. The van der Waals surface area contributed by atoms with Gasteiger partial charge in [-0.2, -0.15) is 10.2 Å². The Morgan fingerprint density at radius 1 is 1.14 bits per heavy atom. The van der Waals surface area contributed by atoms with Crippen molar-refractivity contribution in [3.63, 3.8) is 0 Å². The molecule has 3 aromatic rings. The molecule has 2 aromatic heterocycles. The smallest absolute Gasteiger partial charge is 0.276 e. The molecule has 144 valence electrons. The maximum Gasteiger partial charge on any atom is 0.276 e. The number of ether oxygens (including phenoxy) is 1. The van der Waals surface area contributed by atoms with E-state index in [4.69, 9.17) is 4.74 Å². The summed E-state index contributed by atoms with van der Waals surface area (Å²) in [5.41, 5.74) is 4.37. The van der Waals surface area contributed by atoms with Crippen LogP contribution >= 0.6 is 0 Å². The van der Waals surface area contributed by atoms with Crippen molar-refractivity contribution in [2.24, 2.45) is 0 Å². The lowest BCUT2D eigenvalue weighted by Crippen LogP contribution is -2.18. The fourth-order valence-corrected chi connectivity index (χ4v) is 4.09. The highest BCUT2D eigenvalue weighted by atomic mass is 16.5. The van der Waals surface area contributed by atoms with Gasteiger partial charge in [0.1, 0.15) is 6.23 Å². The van der Waals surface area contributed by atoms with Gasteiger partial charge in [-0.3, -0.25) is 4.79 Å². The summed E-state index contributed by atoms with van der Waals surface area (Å²) in [6.45, 7) is 0.759. The first kappa shape index (κ1) is 17.2. The minimum Gasteiger partial charge on any atom is -0.357 e. The van der Waals surface area contributed by atoms with Crippen molar-refractivity contribution in [1.82, 2.24) is 19.6 Å². The molecule has 3 heterocycles. The van der Waals surface area contributed by atoms with Crippen molar-refractivity contribution in [3.8, 4) is 5.69 Å². The molecule has 1 atom stereocenters. The maximum absolute atomic E-state index is 12.9. The Hall–Kier alpha value is -2.93. The molecule has 1 aliphatic heterocycles. The Labute approximate surface area is 163 Å². The van der Waals surface area contributed by atoms with E-state index in [-0.39, 0.29) is 12.1 Å². The topological polar surface area (TPSA) is 74.0 Å². The number of amides is 1. The maximum atomic E-state index is 12.9. The van der Waals surface area contributed by atoms with Gasteiger partial charge >= 0.3 is 0 Å². The zero-order valence-corrected chi connectivity index (χ0v) is 15.7. The first-order valence-electron chi connectivity index (χ1n) is 9.93. The van der Waals surface area contributed by atoms with Gasteiger partial charge in [0.05, 0.1) is 23.8 Å². The van der Waals surface area contributed by atoms with Crippen LogP contribution in [0.5, 0.6) is 0 Å². The Morgan fingerprint density at radius 2 is 2.04 bits per heavy atom. The van der Waals surface area contributed by atoms with Crippen molar-refractivity contribution in [2.45, 2.75) is 44.8 Å². The molecule has 5 rings (SSSR count). The summed E-state index contributed by atoms with van der Waals surface area (Å²) in [4.78, 5) is 12.9. The third-order valence-electron chi connectivity index (χ3n) is 5.46. The molecule has 7 heteroatoms. The van der Waals surface area contributed by atoms with Crippen molar-refractivity contribution < 1.29 is 9.53 Å². The van der Waals surface area contributed by atoms with E-state index in [0.717, 1.165) is 62.1 Å².